The highest BCUT2D eigenvalue weighted by Crippen LogP contribution is 2.32. The van der Waals surface area contributed by atoms with Gasteiger partial charge in [-0.05, 0) is 49.9 Å². The SMILES string of the molecule is Cc1cc(C#N)ccc1OCC1(O)CCC1. The van der Waals surface area contributed by atoms with Crippen LogP contribution < -0.4 is 4.74 Å². The molecule has 1 aromatic rings. The van der Waals surface area contributed by atoms with Crippen LogP contribution in [0, 0.1) is 18.3 Å². The first-order valence-electron chi connectivity index (χ1n) is 5.49. The van der Waals surface area contributed by atoms with Gasteiger partial charge in [-0.3, -0.25) is 0 Å². The highest BCUT2D eigenvalue weighted by atomic mass is 16.5. The first-order valence-corrected chi connectivity index (χ1v) is 5.49. The Morgan fingerprint density at radius 2 is 2.25 bits per heavy atom. The molecule has 1 N–H and O–H groups in total. The summed E-state index contributed by atoms with van der Waals surface area (Å²) in [6.45, 7) is 2.25. The third kappa shape index (κ3) is 2.17. The van der Waals surface area contributed by atoms with Crippen molar-refractivity contribution in [3.8, 4) is 11.8 Å². The van der Waals surface area contributed by atoms with E-state index in [4.69, 9.17) is 10.00 Å². The third-order valence-electron chi connectivity index (χ3n) is 3.08. The van der Waals surface area contributed by atoms with Crippen molar-refractivity contribution in [2.75, 3.05) is 6.61 Å². The van der Waals surface area contributed by atoms with Crippen LogP contribution >= 0.6 is 0 Å². The zero-order chi connectivity index (χ0) is 11.6. The van der Waals surface area contributed by atoms with Crippen molar-refractivity contribution in [1.82, 2.24) is 0 Å². The average molecular weight is 217 g/mol. The molecule has 1 saturated carbocycles. The van der Waals surface area contributed by atoms with Gasteiger partial charge in [0.2, 0.25) is 0 Å². The van der Waals surface area contributed by atoms with Crippen LogP contribution in [0.1, 0.15) is 30.4 Å². The number of rotatable bonds is 3. The minimum absolute atomic E-state index is 0.347. The van der Waals surface area contributed by atoms with Gasteiger partial charge in [-0.1, -0.05) is 0 Å². The smallest absolute Gasteiger partial charge is 0.122 e. The number of nitriles is 1. The number of benzene rings is 1. The Balaban J connectivity index is 2.02. The summed E-state index contributed by atoms with van der Waals surface area (Å²) in [6, 6.07) is 7.39. The van der Waals surface area contributed by atoms with Crippen molar-refractivity contribution in [3.05, 3.63) is 29.3 Å². The predicted octanol–water partition coefficient (Wildman–Crippen LogP) is 2.16. The van der Waals surface area contributed by atoms with Crippen LogP contribution in [0.5, 0.6) is 5.75 Å². The number of hydrogen-bond donors (Lipinski definition) is 1. The third-order valence-corrected chi connectivity index (χ3v) is 3.08. The molecule has 3 nitrogen and oxygen atoms in total. The Labute approximate surface area is 95.3 Å². The molecule has 2 rings (SSSR count). The van der Waals surface area contributed by atoms with Crippen LogP contribution in [0.15, 0.2) is 18.2 Å². The second-order valence-corrected chi connectivity index (χ2v) is 4.46. The van der Waals surface area contributed by atoms with Crippen LogP contribution in [0.3, 0.4) is 0 Å². The Morgan fingerprint density at radius 3 is 2.75 bits per heavy atom. The van der Waals surface area contributed by atoms with Gasteiger partial charge >= 0.3 is 0 Å². The summed E-state index contributed by atoms with van der Waals surface area (Å²) >= 11 is 0. The summed E-state index contributed by atoms with van der Waals surface area (Å²) in [5, 5.41) is 18.6. The van der Waals surface area contributed by atoms with E-state index >= 15 is 0 Å². The van der Waals surface area contributed by atoms with Gasteiger partial charge in [0.15, 0.2) is 0 Å². The van der Waals surface area contributed by atoms with Crippen molar-refractivity contribution < 1.29 is 9.84 Å². The van der Waals surface area contributed by atoms with Gasteiger partial charge in [0.25, 0.3) is 0 Å². The minimum atomic E-state index is -0.625. The van der Waals surface area contributed by atoms with Crippen LogP contribution in [-0.4, -0.2) is 17.3 Å². The fraction of sp³-hybridized carbons (Fsp3) is 0.462. The number of nitrogens with zero attached hydrogens (tertiary/aromatic N) is 1. The van der Waals surface area contributed by atoms with E-state index in [2.05, 4.69) is 6.07 Å². The molecule has 16 heavy (non-hydrogen) atoms. The van der Waals surface area contributed by atoms with Crippen molar-refractivity contribution in [2.45, 2.75) is 31.8 Å². The molecule has 0 bridgehead atoms. The minimum Gasteiger partial charge on any atom is -0.490 e. The maximum Gasteiger partial charge on any atom is 0.122 e. The van der Waals surface area contributed by atoms with Crippen LogP contribution in [0.25, 0.3) is 0 Å². The van der Waals surface area contributed by atoms with Gasteiger partial charge in [0.05, 0.1) is 17.2 Å². The molecule has 0 spiro atoms. The zero-order valence-electron chi connectivity index (χ0n) is 9.36. The number of ether oxygens (including phenoxy) is 1. The van der Waals surface area contributed by atoms with Gasteiger partial charge in [-0.15, -0.1) is 0 Å². The molecule has 0 aliphatic heterocycles. The Kier molecular flexibility index (Phi) is 2.84. The predicted molar refractivity (Wildman–Crippen MR) is 60.2 cm³/mol. The van der Waals surface area contributed by atoms with E-state index in [0.717, 1.165) is 30.6 Å². The van der Waals surface area contributed by atoms with E-state index < -0.39 is 5.60 Å². The molecule has 0 saturated heterocycles. The lowest BCUT2D eigenvalue weighted by molar-refractivity contribution is -0.0664. The molecule has 1 aliphatic rings. The first-order chi connectivity index (χ1) is 7.63. The van der Waals surface area contributed by atoms with Crippen LogP contribution in [-0.2, 0) is 0 Å². The van der Waals surface area contributed by atoms with Gasteiger partial charge in [0, 0.05) is 0 Å². The zero-order valence-corrected chi connectivity index (χ0v) is 9.36. The van der Waals surface area contributed by atoms with Gasteiger partial charge < -0.3 is 9.84 Å². The van der Waals surface area contributed by atoms with Crippen LogP contribution in [0.4, 0.5) is 0 Å². The van der Waals surface area contributed by atoms with Gasteiger partial charge in [-0.2, -0.15) is 5.26 Å². The second-order valence-electron chi connectivity index (χ2n) is 4.46. The molecule has 0 heterocycles. The van der Waals surface area contributed by atoms with Gasteiger partial charge in [0.1, 0.15) is 12.4 Å². The first kappa shape index (κ1) is 11.0. The molecule has 0 aromatic heterocycles. The van der Waals surface area contributed by atoms with Crippen molar-refractivity contribution >= 4 is 0 Å². The van der Waals surface area contributed by atoms with E-state index in [-0.39, 0.29) is 0 Å². The Morgan fingerprint density at radius 1 is 1.50 bits per heavy atom. The fourth-order valence-corrected chi connectivity index (χ4v) is 1.82. The molecule has 0 unspecified atom stereocenters. The topological polar surface area (TPSA) is 53.2 Å². The summed E-state index contributed by atoms with van der Waals surface area (Å²) in [7, 11) is 0. The summed E-state index contributed by atoms with van der Waals surface area (Å²) in [6.07, 6.45) is 2.72. The van der Waals surface area contributed by atoms with Crippen molar-refractivity contribution in [1.29, 1.82) is 5.26 Å². The van der Waals surface area contributed by atoms with Crippen LogP contribution in [0.2, 0.25) is 0 Å². The average Bonchev–Trinajstić information content (AvgIpc) is 2.25. The number of aliphatic hydroxyl groups is 1. The summed E-state index contributed by atoms with van der Waals surface area (Å²) in [5.74, 6) is 0.749. The molecule has 0 amide bonds. The Hall–Kier alpha value is -1.53. The highest BCUT2D eigenvalue weighted by molar-refractivity contribution is 5.41. The van der Waals surface area contributed by atoms with E-state index in [1.165, 1.54) is 0 Å². The summed E-state index contributed by atoms with van der Waals surface area (Å²) < 4.78 is 5.58. The summed E-state index contributed by atoms with van der Waals surface area (Å²) in [5.41, 5.74) is 0.939. The normalized spacial score (nSPS) is 17.3. The number of aryl methyl sites for hydroxylation is 1. The molecule has 1 aliphatic carbocycles. The number of hydrogen-bond acceptors (Lipinski definition) is 3. The monoisotopic (exact) mass is 217 g/mol. The quantitative estimate of drug-likeness (QED) is 0.844. The lowest BCUT2D eigenvalue weighted by atomic mass is 9.81. The van der Waals surface area contributed by atoms with E-state index in [1.807, 2.05) is 6.92 Å². The standard InChI is InChI=1S/C13H15NO2/c1-10-7-11(8-14)3-4-12(10)16-9-13(15)5-2-6-13/h3-4,7,15H,2,5-6,9H2,1H3. The molecule has 84 valence electrons. The fourth-order valence-electron chi connectivity index (χ4n) is 1.82. The molecule has 1 aromatic carbocycles. The molecule has 0 radical (unpaired) electrons. The maximum atomic E-state index is 9.89. The lowest BCUT2D eigenvalue weighted by Gasteiger charge is -2.36. The van der Waals surface area contributed by atoms with E-state index in [1.54, 1.807) is 18.2 Å². The van der Waals surface area contributed by atoms with E-state index in [9.17, 15) is 5.11 Å². The lowest BCUT2D eigenvalue weighted by Crippen LogP contribution is -2.42. The molecule has 1 fully saturated rings. The largest absolute Gasteiger partial charge is 0.490 e. The molecular formula is C13H15NO2. The second kappa shape index (κ2) is 4.15. The molecule has 0 atom stereocenters. The Bertz CT molecular complexity index is 430. The summed E-state index contributed by atoms with van der Waals surface area (Å²) in [4.78, 5) is 0. The van der Waals surface area contributed by atoms with Gasteiger partial charge in [-0.25, -0.2) is 0 Å². The van der Waals surface area contributed by atoms with Crippen molar-refractivity contribution in [3.63, 3.8) is 0 Å². The highest BCUT2D eigenvalue weighted by Gasteiger charge is 2.35. The van der Waals surface area contributed by atoms with Crippen molar-refractivity contribution in [2.24, 2.45) is 0 Å². The molecular weight excluding hydrogens is 202 g/mol. The molecule has 3 heteroatoms. The van der Waals surface area contributed by atoms with E-state index in [0.29, 0.717) is 12.2 Å². The maximum absolute atomic E-state index is 9.89.